The van der Waals surface area contributed by atoms with Gasteiger partial charge in [0.25, 0.3) is 5.91 Å². The highest BCUT2D eigenvalue weighted by atomic mass is 16.5. The maximum Gasteiger partial charge on any atom is 0.271 e. The number of aryl methyl sites for hydroxylation is 1. The van der Waals surface area contributed by atoms with Crippen LogP contribution in [0, 0.1) is 6.92 Å². The minimum absolute atomic E-state index is 0.168. The largest absolute Gasteiger partial charge is 0.386 e. The van der Waals surface area contributed by atoms with E-state index >= 15 is 0 Å². The molecule has 1 unspecified atom stereocenters. The van der Waals surface area contributed by atoms with Gasteiger partial charge in [0.2, 0.25) is 0 Å². The van der Waals surface area contributed by atoms with E-state index in [1.165, 1.54) is 12.4 Å². The zero-order valence-corrected chi connectivity index (χ0v) is 9.64. The molecule has 0 spiro atoms. The molecule has 1 saturated heterocycles. The molecule has 0 aromatic carbocycles. The van der Waals surface area contributed by atoms with Gasteiger partial charge in [-0.1, -0.05) is 0 Å². The van der Waals surface area contributed by atoms with Crippen molar-refractivity contribution in [2.75, 3.05) is 19.8 Å². The third kappa shape index (κ3) is 2.98. The highest BCUT2D eigenvalue weighted by Crippen LogP contribution is 2.16. The molecule has 1 aliphatic rings. The standard InChI is InChI=1S/C11H15N3O3/c1-8-4-13-9(5-12-8)10(15)14-6-11(16)2-3-17-7-11/h4-5,16H,2-3,6-7H2,1H3,(H,14,15). The fourth-order valence-electron chi connectivity index (χ4n) is 1.58. The zero-order chi connectivity index (χ0) is 12.3. The zero-order valence-electron chi connectivity index (χ0n) is 9.64. The number of rotatable bonds is 3. The Bertz CT molecular complexity index is 399. The van der Waals surface area contributed by atoms with Gasteiger partial charge in [-0.15, -0.1) is 0 Å². The van der Waals surface area contributed by atoms with Crippen molar-refractivity contribution in [1.82, 2.24) is 15.3 Å². The maximum atomic E-state index is 11.7. The summed E-state index contributed by atoms with van der Waals surface area (Å²) >= 11 is 0. The molecule has 17 heavy (non-hydrogen) atoms. The number of aliphatic hydroxyl groups is 1. The number of carbonyl (C=O) groups is 1. The van der Waals surface area contributed by atoms with Crippen molar-refractivity contribution in [2.45, 2.75) is 18.9 Å². The molecular formula is C11H15N3O3. The van der Waals surface area contributed by atoms with E-state index in [0.29, 0.717) is 13.0 Å². The third-order valence-electron chi connectivity index (χ3n) is 2.67. The van der Waals surface area contributed by atoms with Gasteiger partial charge in [-0.2, -0.15) is 0 Å². The van der Waals surface area contributed by atoms with Crippen LogP contribution in [-0.2, 0) is 4.74 Å². The monoisotopic (exact) mass is 237 g/mol. The van der Waals surface area contributed by atoms with Crippen LogP contribution in [0.4, 0.5) is 0 Å². The number of hydrogen-bond acceptors (Lipinski definition) is 5. The molecule has 1 atom stereocenters. The van der Waals surface area contributed by atoms with Gasteiger partial charge in [0.15, 0.2) is 0 Å². The van der Waals surface area contributed by atoms with E-state index in [9.17, 15) is 9.90 Å². The molecule has 0 aliphatic carbocycles. The van der Waals surface area contributed by atoms with Gasteiger partial charge in [-0.05, 0) is 6.92 Å². The molecule has 1 aromatic heterocycles. The third-order valence-corrected chi connectivity index (χ3v) is 2.67. The Morgan fingerprint density at radius 3 is 3.00 bits per heavy atom. The Hall–Kier alpha value is -1.53. The molecule has 92 valence electrons. The van der Waals surface area contributed by atoms with Crippen molar-refractivity contribution in [2.24, 2.45) is 0 Å². The number of nitrogens with zero attached hydrogens (tertiary/aromatic N) is 2. The quantitative estimate of drug-likeness (QED) is 0.751. The number of carbonyl (C=O) groups excluding carboxylic acids is 1. The van der Waals surface area contributed by atoms with Crippen molar-refractivity contribution in [3.05, 3.63) is 23.8 Å². The summed E-state index contributed by atoms with van der Waals surface area (Å²) in [5.41, 5.74) is 0.0517. The van der Waals surface area contributed by atoms with Crippen LogP contribution in [0.3, 0.4) is 0 Å². The van der Waals surface area contributed by atoms with Crippen LogP contribution in [0.2, 0.25) is 0 Å². The molecule has 0 bridgehead atoms. The van der Waals surface area contributed by atoms with Crippen molar-refractivity contribution in [1.29, 1.82) is 0 Å². The van der Waals surface area contributed by atoms with Crippen LogP contribution in [-0.4, -0.2) is 46.3 Å². The normalized spacial score (nSPS) is 23.6. The Morgan fingerprint density at radius 1 is 1.59 bits per heavy atom. The second-order valence-electron chi connectivity index (χ2n) is 4.25. The first-order valence-electron chi connectivity index (χ1n) is 5.46. The maximum absolute atomic E-state index is 11.7. The minimum Gasteiger partial charge on any atom is -0.386 e. The van der Waals surface area contributed by atoms with Crippen molar-refractivity contribution in [3.8, 4) is 0 Å². The van der Waals surface area contributed by atoms with E-state index in [1.807, 2.05) is 0 Å². The Morgan fingerprint density at radius 2 is 2.41 bits per heavy atom. The van der Waals surface area contributed by atoms with Gasteiger partial charge in [0, 0.05) is 25.8 Å². The van der Waals surface area contributed by atoms with Gasteiger partial charge in [-0.3, -0.25) is 9.78 Å². The van der Waals surface area contributed by atoms with Crippen LogP contribution >= 0.6 is 0 Å². The summed E-state index contributed by atoms with van der Waals surface area (Å²) in [6.07, 6.45) is 3.48. The predicted molar refractivity (Wildman–Crippen MR) is 59.5 cm³/mol. The fourth-order valence-corrected chi connectivity index (χ4v) is 1.58. The summed E-state index contributed by atoms with van der Waals surface area (Å²) in [4.78, 5) is 19.6. The number of hydrogen-bond donors (Lipinski definition) is 2. The Kier molecular flexibility index (Phi) is 3.35. The summed E-state index contributed by atoms with van der Waals surface area (Å²) in [5, 5.41) is 12.6. The lowest BCUT2D eigenvalue weighted by atomic mass is 10.0. The summed E-state index contributed by atoms with van der Waals surface area (Å²) in [6.45, 7) is 2.75. The molecule has 1 fully saturated rings. The first-order valence-corrected chi connectivity index (χ1v) is 5.46. The lowest BCUT2D eigenvalue weighted by Crippen LogP contribution is -2.43. The molecule has 6 heteroatoms. The van der Waals surface area contributed by atoms with Crippen LogP contribution in [0.15, 0.2) is 12.4 Å². The van der Waals surface area contributed by atoms with Crippen molar-refractivity contribution < 1.29 is 14.6 Å². The summed E-state index contributed by atoms with van der Waals surface area (Å²) in [5.74, 6) is -0.335. The van der Waals surface area contributed by atoms with E-state index in [2.05, 4.69) is 15.3 Å². The number of aromatic nitrogens is 2. The fraction of sp³-hybridized carbons (Fsp3) is 0.545. The Labute approximate surface area is 99.0 Å². The van der Waals surface area contributed by atoms with Crippen molar-refractivity contribution in [3.63, 3.8) is 0 Å². The van der Waals surface area contributed by atoms with Crippen LogP contribution < -0.4 is 5.32 Å². The first-order chi connectivity index (χ1) is 8.09. The molecule has 1 aromatic rings. The summed E-state index contributed by atoms with van der Waals surface area (Å²) in [7, 11) is 0. The highest BCUT2D eigenvalue weighted by molar-refractivity contribution is 5.91. The summed E-state index contributed by atoms with van der Waals surface area (Å²) < 4.78 is 5.08. The van der Waals surface area contributed by atoms with Gasteiger partial charge < -0.3 is 15.2 Å². The second kappa shape index (κ2) is 4.77. The molecule has 1 aliphatic heterocycles. The number of amides is 1. The first kappa shape index (κ1) is 11.9. The number of nitrogens with one attached hydrogen (secondary N) is 1. The molecule has 2 heterocycles. The summed E-state index contributed by atoms with van der Waals surface area (Å²) in [6, 6.07) is 0. The average Bonchev–Trinajstić information content (AvgIpc) is 2.75. The van der Waals surface area contributed by atoms with Crippen LogP contribution in [0.25, 0.3) is 0 Å². The second-order valence-corrected chi connectivity index (χ2v) is 4.25. The van der Waals surface area contributed by atoms with Crippen LogP contribution in [0.1, 0.15) is 22.6 Å². The van der Waals surface area contributed by atoms with E-state index in [1.54, 1.807) is 6.92 Å². The van der Waals surface area contributed by atoms with Gasteiger partial charge >= 0.3 is 0 Å². The smallest absolute Gasteiger partial charge is 0.271 e. The lowest BCUT2D eigenvalue weighted by Gasteiger charge is -2.20. The van der Waals surface area contributed by atoms with Crippen molar-refractivity contribution >= 4 is 5.91 Å². The van der Waals surface area contributed by atoms with E-state index in [-0.39, 0.29) is 24.8 Å². The lowest BCUT2D eigenvalue weighted by molar-refractivity contribution is 0.0264. The molecule has 0 radical (unpaired) electrons. The van der Waals surface area contributed by atoms with Gasteiger partial charge in [0.1, 0.15) is 11.3 Å². The average molecular weight is 237 g/mol. The van der Waals surface area contributed by atoms with E-state index in [0.717, 1.165) is 5.69 Å². The molecule has 6 nitrogen and oxygen atoms in total. The minimum atomic E-state index is -0.951. The topological polar surface area (TPSA) is 84.3 Å². The van der Waals surface area contributed by atoms with E-state index < -0.39 is 5.60 Å². The van der Waals surface area contributed by atoms with Gasteiger partial charge in [0.05, 0.1) is 18.5 Å². The SMILES string of the molecule is Cc1cnc(C(=O)NCC2(O)CCOC2)cn1. The van der Waals surface area contributed by atoms with Gasteiger partial charge in [-0.25, -0.2) is 4.98 Å². The van der Waals surface area contributed by atoms with E-state index in [4.69, 9.17) is 4.74 Å². The molecule has 2 rings (SSSR count). The van der Waals surface area contributed by atoms with Crippen LogP contribution in [0.5, 0.6) is 0 Å². The molecular weight excluding hydrogens is 222 g/mol. The molecule has 1 amide bonds. The molecule has 0 saturated carbocycles. The Balaban J connectivity index is 1.91. The predicted octanol–water partition coefficient (Wildman–Crippen LogP) is -0.334. The highest BCUT2D eigenvalue weighted by Gasteiger charge is 2.32. The number of ether oxygens (including phenoxy) is 1. The molecule has 2 N–H and O–H groups in total.